The Hall–Kier alpha value is -3.41. The van der Waals surface area contributed by atoms with Gasteiger partial charge in [-0.15, -0.1) is 5.10 Å². The van der Waals surface area contributed by atoms with Gasteiger partial charge in [0.2, 0.25) is 0 Å². The third kappa shape index (κ3) is 4.16. The molecule has 0 amide bonds. The zero-order valence-corrected chi connectivity index (χ0v) is 14.7. The Kier molecular flexibility index (Phi) is 5.43. The van der Waals surface area contributed by atoms with Crippen molar-refractivity contribution in [2.45, 2.75) is 13.8 Å². The predicted octanol–water partition coefficient (Wildman–Crippen LogP) is 3.79. The van der Waals surface area contributed by atoms with E-state index in [0.717, 1.165) is 16.9 Å². The average Bonchev–Trinajstić information content (AvgIpc) is 3.14. The fraction of sp³-hybridized carbons (Fsp3) is 0.150. The maximum Gasteiger partial charge on any atom is 0.175 e. The molecular weight excluding hydrogens is 328 g/mol. The van der Waals surface area contributed by atoms with Crippen molar-refractivity contribution in [3.05, 3.63) is 71.4 Å². The minimum absolute atomic E-state index is 0.178. The highest BCUT2D eigenvalue weighted by atomic mass is 16.5. The minimum Gasteiger partial charge on any atom is -0.493 e. The lowest BCUT2D eigenvalue weighted by molar-refractivity contribution is 0.340. The van der Waals surface area contributed by atoms with Gasteiger partial charge in [-0.2, -0.15) is 5.10 Å². The lowest BCUT2D eigenvalue weighted by atomic mass is 10.1. The number of hydrogen-bond donors (Lipinski definition) is 1. The molecule has 0 atom stereocenters. The fourth-order valence-electron chi connectivity index (χ4n) is 2.33. The van der Waals surface area contributed by atoms with Gasteiger partial charge in [-0.3, -0.25) is 0 Å². The summed E-state index contributed by atoms with van der Waals surface area (Å²) in [6, 6.07) is 17.3. The number of nitrogens with zero attached hydrogens (tertiary/aromatic N) is 3. The number of benzene rings is 2. The van der Waals surface area contributed by atoms with E-state index >= 15 is 0 Å². The summed E-state index contributed by atoms with van der Waals surface area (Å²) in [5.74, 6) is 1.55. The van der Waals surface area contributed by atoms with Crippen molar-refractivity contribution in [3.8, 4) is 17.1 Å². The van der Waals surface area contributed by atoms with Gasteiger partial charge in [-0.25, -0.2) is 0 Å². The van der Waals surface area contributed by atoms with Crippen molar-refractivity contribution in [1.29, 1.82) is 0 Å². The normalized spacial score (nSPS) is 11.8. The van der Waals surface area contributed by atoms with Crippen LogP contribution in [0.2, 0.25) is 0 Å². The van der Waals surface area contributed by atoms with Crippen LogP contribution >= 0.6 is 0 Å². The molecule has 0 fully saturated rings. The molecular formula is C20H20N4O2. The number of para-hydroxylation sites is 1. The van der Waals surface area contributed by atoms with Crippen molar-refractivity contribution in [2.24, 2.45) is 15.9 Å². The van der Waals surface area contributed by atoms with Crippen LogP contribution in [0.15, 0.2) is 69.3 Å². The molecule has 132 valence electrons. The van der Waals surface area contributed by atoms with Gasteiger partial charge in [0.15, 0.2) is 17.3 Å². The molecule has 3 aromatic rings. The van der Waals surface area contributed by atoms with E-state index in [4.69, 9.17) is 15.0 Å². The molecule has 1 heterocycles. The van der Waals surface area contributed by atoms with E-state index in [1.807, 2.05) is 62.4 Å². The Balaban J connectivity index is 1.75. The van der Waals surface area contributed by atoms with Crippen LogP contribution in [0.4, 0.5) is 0 Å². The molecule has 0 unspecified atom stereocenters. The van der Waals surface area contributed by atoms with Gasteiger partial charge in [0.05, 0.1) is 12.8 Å². The van der Waals surface area contributed by atoms with Gasteiger partial charge in [0.1, 0.15) is 5.75 Å². The highest BCUT2D eigenvalue weighted by Gasteiger charge is 2.09. The topological polar surface area (TPSA) is 86.0 Å². The SMILES string of the molecule is CCOc1ccccc1C=NN=C(N)c1cc(-c2ccc(C)cc2)on1. The van der Waals surface area contributed by atoms with Crippen LogP contribution in [0.25, 0.3) is 11.3 Å². The smallest absolute Gasteiger partial charge is 0.175 e. The van der Waals surface area contributed by atoms with Crippen molar-refractivity contribution < 1.29 is 9.26 Å². The molecule has 2 N–H and O–H groups in total. The van der Waals surface area contributed by atoms with E-state index in [2.05, 4.69) is 15.4 Å². The van der Waals surface area contributed by atoms with Crippen LogP contribution in [0.1, 0.15) is 23.7 Å². The standard InChI is InChI=1S/C20H20N4O2/c1-3-25-18-7-5-4-6-16(18)13-22-23-20(21)17-12-19(26-24-17)15-10-8-14(2)9-11-15/h4-13H,3H2,1-2H3,(H2,21,23). The Morgan fingerprint density at radius 1 is 1.19 bits per heavy atom. The summed E-state index contributed by atoms with van der Waals surface area (Å²) in [6.45, 7) is 4.54. The van der Waals surface area contributed by atoms with E-state index < -0.39 is 0 Å². The van der Waals surface area contributed by atoms with Crippen molar-refractivity contribution >= 4 is 12.1 Å². The van der Waals surface area contributed by atoms with Crippen LogP contribution in [0.3, 0.4) is 0 Å². The highest BCUT2D eigenvalue weighted by molar-refractivity contribution is 5.96. The van der Waals surface area contributed by atoms with Crippen LogP contribution in [-0.2, 0) is 0 Å². The van der Waals surface area contributed by atoms with Crippen molar-refractivity contribution in [2.75, 3.05) is 6.61 Å². The lowest BCUT2D eigenvalue weighted by Gasteiger charge is -2.04. The number of nitrogens with two attached hydrogens (primary N) is 1. The van der Waals surface area contributed by atoms with Gasteiger partial charge >= 0.3 is 0 Å². The average molecular weight is 348 g/mol. The molecule has 6 nitrogen and oxygen atoms in total. The predicted molar refractivity (Wildman–Crippen MR) is 103 cm³/mol. The van der Waals surface area contributed by atoms with Gasteiger partial charge in [0.25, 0.3) is 0 Å². The quantitative estimate of drug-likeness (QED) is 0.417. The maximum absolute atomic E-state index is 5.95. The molecule has 0 saturated heterocycles. The van der Waals surface area contributed by atoms with E-state index in [1.165, 1.54) is 5.56 Å². The number of aromatic nitrogens is 1. The Bertz CT molecular complexity index is 927. The summed E-state index contributed by atoms with van der Waals surface area (Å²) in [5, 5.41) is 12.0. The van der Waals surface area contributed by atoms with E-state index in [-0.39, 0.29) is 5.84 Å². The Morgan fingerprint density at radius 3 is 2.73 bits per heavy atom. The highest BCUT2D eigenvalue weighted by Crippen LogP contribution is 2.20. The zero-order valence-electron chi connectivity index (χ0n) is 14.7. The Morgan fingerprint density at radius 2 is 1.96 bits per heavy atom. The molecule has 1 aromatic heterocycles. The zero-order chi connectivity index (χ0) is 18.4. The van der Waals surface area contributed by atoms with Crippen LogP contribution in [0, 0.1) is 6.92 Å². The molecule has 0 saturated carbocycles. The van der Waals surface area contributed by atoms with Crippen molar-refractivity contribution in [3.63, 3.8) is 0 Å². The summed E-state index contributed by atoms with van der Waals surface area (Å²) >= 11 is 0. The summed E-state index contributed by atoms with van der Waals surface area (Å²) in [6.07, 6.45) is 1.60. The number of hydrogen-bond acceptors (Lipinski definition) is 5. The second-order valence-corrected chi connectivity index (χ2v) is 5.64. The van der Waals surface area contributed by atoms with Gasteiger partial charge in [-0.05, 0) is 26.0 Å². The Labute approximate surface area is 152 Å². The molecule has 0 aliphatic carbocycles. The molecule has 0 bridgehead atoms. The molecule has 3 rings (SSSR count). The fourth-order valence-corrected chi connectivity index (χ4v) is 2.33. The number of aryl methyl sites for hydroxylation is 1. The van der Waals surface area contributed by atoms with Gasteiger partial charge in [0, 0.05) is 17.2 Å². The van der Waals surface area contributed by atoms with Gasteiger partial charge < -0.3 is 15.0 Å². The third-order valence-corrected chi connectivity index (χ3v) is 3.69. The molecule has 2 aromatic carbocycles. The first-order valence-corrected chi connectivity index (χ1v) is 8.30. The molecule has 0 aliphatic heterocycles. The molecule has 6 heteroatoms. The summed E-state index contributed by atoms with van der Waals surface area (Å²) < 4.78 is 10.9. The third-order valence-electron chi connectivity index (χ3n) is 3.69. The number of rotatable bonds is 6. The lowest BCUT2D eigenvalue weighted by Crippen LogP contribution is -2.12. The minimum atomic E-state index is 0.178. The second kappa shape index (κ2) is 8.11. The second-order valence-electron chi connectivity index (χ2n) is 5.64. The first kappa shape index (κ1) is 17.4. The monoisotopic (exact) mass is 348 g/mol. The summed E-state index contributed by atoms with van der Waals surface area (Å²) in [4.78, 5) is 0. The molecule has 0 spiro atoms. The van der Waals surface area contributed by atoms with Crippen LogP contribution in [0.5, 0.6) is 5.75 Å². The summed E-state index contributed by atoms with van der Waals surface area (Å²) in [5.41, 5.74) is 9.32. The van der Waals surface area contributed by atoms with Crippen LogP contribution < -0.4 is 10.5 Å². The number of amidine groups is 1. The van der Waals surface area contributed by atoms with Crippen LogP contribution in [-0.4, -0.2) is 23.8 Å². The molecule has 0 radical (unpaired) electrons. The largest absolute Gasteiger partial charge is 0.493 e. The van der Waals surface area contributed by atoms with Crippen molar-refractivity contribution in [1.82, 2.24) is 5.16 Å². The van der Waals surface area contributed by atoms with E-state index in [0.29, 0.717) is 18.1 Å². The van der Waals surface area contributed by atoms with E-state index in [9.17, 15) is 0 Å². The molecule has 26 heavy (non-hydrogen) atoms. The molecule has 0 aliphatic rings. The van der Waals surface area contributed by atoms with E-state index in [1.54, 1.807) is 12.3 Å². The first-order valence-electron chi connectivity index (χ1n) is 8.30. The number of ether oxygens (including phenoxy) is 1. The first-order chi connectivity index (χ1) is 12.7. The maximum atomic E-state index is 5.95. The summed E-state index contributed by atoms with van der Waals surface area (Å²) in [7, 11) is 0. The van der Waals surface area contributed by atoms with Gasteiger partial charge in [-0.1, -0.05) is 47.1 Å².